The molecule has 0 unspecified atom stereocenters. The molecule has 0 spiro atoms. The van der Waals surface area contributed by atoms with E-state index in [1.54, 1.807) is 11.3 Å². The van der Waals surface area contributed by atoms with Crippen LogP contribution in [-0.4, -0.2) is 15.9 Å². The summed E-state index contributed by atoms with van der Waals surface area (Å²) in [5.74, 6) is -0.0538. The molecule has 3 N–H and O–H groups in total. The molecule has 0 bridgehead atoms. The normalized spacial score (nSPS) is 17.2. The number of amides is 1. The summed E-state index contributed by atoms with van der Waals surface area (Å²) >= 11 is 6.57. The van der Waals surface area contributed by atoms with Gasteiger partial charge in [-0.15, -0.1) is 11.3 Å². The number of carbonyl (C=O) groups is 1. The van der Waals surface area contributed by atoms with E-state index in [9.17, 15) is 4.79 Å². The Labute approximate surface area is 110 Å². The van der Waals surface area contributed by atoms with Gasteiger partial charge in [0.15, 0.2) is 0 Å². The van der Waals surface area contributed by atoms with Crippen molar-refractivity contribution in [3.05, 3.63) is 16.1 Å². The molecule has 1 aliphatic carbocycles. The van der Waals surface area contributed by atoms with Gasteiger partial charge in [-0.3, -0.25) is 4.79 Å². The van der Waals surface area contributed by atoms with Crippen molar-refractivity contribution in [3.63, 3.8) is 0 Å². The number of aromatic nitrogens is 1. The number of aryl methyl sites for hydroxylation is 1. The van der Waals surface area contributed by atoms with Gasteiger partial charge in [0.25, 0.3) is 0 Å². The fourth-order valence-electron chi connectivity index (χ4n) is 1.95. The van der Waals surface area contributed by atoms with Crippen molar-refractivity contribution >= 4 is 34.5 Å². The van der Waals surface area contributed by atoms with E-state index in [1.807, 2.05) is 12.3 Å². The molecule has 2 rings (SSSR count). The van der Waals surface area contributed by atoms with Crippen molar-refractivity contribution in [2.75, 3.05) is 0 Å². The molecule has 92 valence electrons. The molecule has 1 heterocycles. The number of hydrogen-bond acceptors (Lipinski definition) is 4. The smallest absolute Gasteiger partial charge is 0.233 e. The molecule has 0 radical (unpaired) electrons. The van der Waals surface area contributed by atoms with Crippen molar-refractivity contribution in [2.45, 2.75) is 32.7 Å². The molecule has 4 nitrogen and oxygen atoms in total. The van der Waals surface area contributed by atoms with E-state index in [1.165, 1.54) is 0 Å². The van der Waals surface area contributed by atoms with Crippen molar-refractivity contribution in [1.29, 1.82) is 0 Å². The topological polar surface area (TPSA) is 68.0 Å². The molecule has 1 aliphatic rings. The summed E-state index contributed by atoms with van der Waals surface area (Å²) in [7, 11) is 0. The van der Waals surface area contributed by atoms with Gasteiger partial charge in [-0.25, -0.2) is 4.98 Å². The van der Waals surface area contributed by atoms with Gasteiger partial charge in [0.05, 0.1) is 27.6 Å². The largest absolute Gasteiger partial charge is 0.392 e. The Kier molecular flexibility index (Phi) is 3.44. The van der Waals surface area contributed by atoms with Gasteiger partial charge in [0.1, 0.15) is 0 Å². The van der Waals surface area contributed by atoms with Gasteiger partial charge in [-0.05, 0) is 19.8 Å². The Morgan fingerprint density at radius 1 is 1.71 bits per heavy atom. The summed E-state index contributed by atoms with van der Waals surface area (Å²) in [6.07, 6.45) is 2.55. The lowest BCUT2D eigenvalue weighted by Gasteiger charge is -2.39. The maximum absolute atomic E-state index is 12.1. The lowest BCUT2D eigenvalue weighted by molar-refractivity contribution is -0.131. The lowest BCUT2D eigenvalue weighted by atomic mass is 9.68. The van der Waals surface area contributed by atoms with E-state index < -0.39 is 5.41 Å². The van der Waals surface area contributed by atoms with Crippen LogP contribution in [0.3, 0.4) is 0 Å². The number of nitrogens with two attached hydrogens (primary N) is 1. The van der Waals surface area contributed by atoms with Crippen molar-refractivity contribution < 1.29 is 4.79 Å². The monoisotopic (exact) mass is 269 g/mol. The zero-order valence-corrected chi connectivity index (χ0v) is 11.3. The van der Waals surface area contributed by atoms with Crippen LogP contribution in [0.25, 0.3) is 0 Å². The summed E-state index contributed by atoms with van der Waals surface area (Å²) in [4.78, 5) is 16.7. The molecule has 0 atom stereocenters. The Morgan fingerprint density at radius 2 is 2.41 bits per heavy atom. The van der Waals surface area contributed by atoms with E-state index in [2.05, 4.69) is 10.3 Å². The number of nitrogens with zero attached hydrogens (tertiary/aromatic N) is 1. The van der Waals surface area contributed by atoms with Crippen LogP contribution in [-0.2, 0) is 11.3 Å². The van der Waals surface area contributed by atoms with E-state index in [0.717, 1.165) is 30.0 Å². The van der Waals surface area contributed by atoms with Crippen molar-refractivity contribution in [1.82, 2.24) is 10.3 Å². The first kappa shape index (κ1) is 12.4. The number of rotatable bonds is 4. The predicted molar refractivity (Wildman–Crippen MR) is 71.8 cm³/mol. The third-order valence-corrected chi connectivity index (χ3v) is 4.42. The molecule has 17 heavy (non-hydrogen) atoms. The van der Waals surface area contributed by atoms with E-state index in [-0.39, 0.29) is 5.91 Å². The van der Waals surface area contributed by atoms with Crippen LogP contribution in [0, 0.1) is 12.3 Å². The summed E-state index contributed by atoms with van der Waals surface area (Å²) in [5, 5.41) is 5.82. The molecule has 0 aliphatic heterocycles. The van der Waals surface area contributed by atoms with E-state index >= 15 is 0 Å². The fourth-order valence-corrected chi connectivity index (χ4v) is 2.85. The third kappa shape index (κ3) is 2.32. The molecular weight excluding hydrogens is 254 g/mol. The first-order chi connectivity index (χ1) is 8.04. The number of nitrogens with one attached hydrogen (secondary N) is 1. The third-order valence-electron chi connectivity index (χ3n) is 3.21. The summed E-state index contributed by atoms with van der Waals surface area (Å²) in [5.41, 5.74) is 5.95. The van der Waals surface area contributed by atoms with Gasteiger partial charge in [-0.1, -0.05) is 18.6 Å². The Hall–Kier alpha value is -1.01. The minimum atomic E-state index is -0.597. The van der Waals surface area contributed by atoms with Gasteiger partial charge >= 0.3 is 0 Å². The zero-order chi connectivity index (χ0) is 12.5. The SMILES string of the molecule is Cc1nc(CNC(=O)C2(C(N)=S)CCC2)cs1. The molecule has 1 amide bonds. The molecule has 1 aromatic rings. The minimum Gasteiger partial charge on any atom is -0.392 e. The standard InChI is InChI=1S/C11H15N3OS2/c1-7-14-8(6-17-7)5-13-10(15)11(9(12)16)3-2-4-11/h6H,2-5H2,1H3,(H2,12,16)(H,13,15). The molecule has 1 aromatic heterocycles. The highest BCUT2D eigenvalue weighted by Gasteiger charge is 2.46. The second-order valence-corrected chi connectivity index (χ2v) is 5.84. The first-order valence-corrected chi connectivity index (χ1v) is 6.82. The highest BCUT2D eigenvalue weighted by molar-refractivity contribution is 7.80. The predicted octanol–water partition coefficient (Wildman–Crippen LogP) is 1.52. The van der Waals surface area contributed by atoms with Crippen LogP contribution in [0.4, 0.5) is 0 Å². The number of hydrogen-bond donors (Lipinski definition) is 2. The lowest BCUT2D eigenvalue weighted by Crippen LogP contribution is -2.52. The molecule has 6 heteroatoms. The number of thiazole rings is 1. The van der Waals surface area contributed by atoms with E-state index in [0.29, 0.717) is 11.5 Å². The minimum absolute atomic E-state index is 0.0538. The second-order valence-electron chi connectivity index (χ2n) is 4.34. The molecule has 1 fully saturated rings. The highest BCUT2D eigenvalue weighted by Crippen LogP contribution is 2.41. The summed E-state index contributed by atoms with van der Waals surface area (Å²) < 4.78 is 0. The molecular formula is C11H15N3OS2. The number of thiocarbonyl (C=S) groups is 1. The first-order valence-electron chi connectivity index (χ1n) is 5.54. The van der Waals surface area contributed by atoms with Crippen LogP contribution in [0.5, 0.6) is 0 Å². The maximum atomic E-state index is 12.1. The Bertz CT molecular complexity index is 451. The zero-order valence-electron chi connectivity index (χ0n) is 9.66. The van der Waals surface area contributed by atoms with Crippen LogP contribution in [0.1, 0.15) is 30.0 Å². The van der Waals surface area contributed by atoms with Gasteiger partial charge in [0, 0.05) is 5.38 Å². The second kappa shape index (κ2) is 4.70. The van der Waals surface area contributed by atoms with Crippen LogP contribution in [0.15, 0.2) is 5.38 Å². The molecule has 1 saturated carbocycles. The fraction of sp³-hybridized carbons (Fsp3) is 0.545. The van der Waals surface area contributed by atoms with Crippen molar-refractivity contribution in [3.8, 4) is 0 Å². The maximum Gasteiger partial charge on any atom is 0.233 e. The Balaban J connectivity index is 1.95. The summed E-state index contributed by atoms with van der Waals surface area (Å²) in [6, 6.07) is 0. The average molecular weight is 269 g/mol. The highest BCUT2D eigenvalue weighted by atomic mass is 32.1. The molecule has 0 aromatic carbocycles. The van der Waals surface area contributed by atoms with Crippen LogP contribution >= 0.6 is 23.6 Å². The average Bonchev–Trinajstić information content (AvgIpc) is 2.59. The quantitative estimate of drug-likeness (QED) is 0.813. The van der Waals surface area contributed by atoms with Crippen LogP contribution < -0.4 is 11.1 Å². The van der Waals surface area contributed by atoms with Crippen molar-refractivity contribution in [2.24, 2.45) is 11.1 Å². The molecule has 0 saturated heterocycles. The van der Waals surface area contributed by atoms with Gasteiger partial charge in [-0.2, -0.15) is 0 Å². The van der Waals surface area contributed by atoms with Gasteiger partial charge < -0.3 is 11.1 Å². The van der Waals surface area contributed by atoms with Crippen LogP contribution in [0.2, 0.25) is 0 Å². The van der Waals surface area contributed by atoms with Gasteiger partial charge in [0.2, 0.25) is 5.91 Å². The number of carbonyl (C=O) groups excluding carboxylic acids is 1. The van der Waals surface area contributed by atoms with E-state index in [4.69, 9.17) is 18.0 Å². The Morgan fingerprint density at radius 3 is 2.82 bits per heavy atom. The summed E-state index contributed by atoms with van der Waals surface area (Å²) in [6.45, 7) is 2.39.